The van der Waals surface area contributed by atoms with Gasteiger partial charge in [-0.05, 0) is 50.1 Å². The van der Waals surface area contributed by atoms with Gasteiger partial charge in [0.2, 0.25) is 0 Å². The zero-order chi connectivity index (χ0) is 18.1. The van der Waals surface area contributed by atoms with Crippen LogP contribution in [0.5, 0.6) is 11.5 Å². The maximum atomic E-state index is 9.54. The van der Waals surface area contributed by atoms with Gasteiger partial charge in [-0.1, -0.05) is 24.3 Å². The molecule has 0 saturated carbocycles. The lowest BCUT2D eigenvalue weighted by Gasteiger charge is -2.15. The highest BCUT2D eigenvalue weighted by Crippen LogP contribution is 2.20. The van der Waals surface area contributed by atoms with Crippen molar-refractivity contribution >= 4 is 5.96 Å². The summed E-state index contributed by atoms with van der Waals surface area (Å²) in [6.45, 7) is 8.61. The molecule has 0 amide bonds. The number of aryl methyl sites for hydroxylation is 1. The zero-order valence-corrected chi connectivity index (χ0v) is 15.2. The summed E-state index contributed by atoms with van der Waals surface area (Å²) < 4.78 is 5.72. The molecular formula is C20H27N3O2. The Balaban J connectivity index is 2.05. The van der Waals surface area contributed by atoms with Gasteiger partial charge in [-0.15, -0.1) is 0 Å². The van der Waals surface area contributed by atoms with Gasteiger partial charge in [0.05, 0.1) is 13.2 Å². The molecule has 0 unspecified atom stereocenters. The first-order valence-corrected chi connectivity index (χ1v) is 8.64. The molecule has 3 N–H and O–H groups in total. The average molecular weight is 341 g/mol. The second-order valence-electron chi connectivity index (χ2n) is 5.76. The number of nitrogens with one attached hydrogen (secondary N) is 2. The molecule has 0 fully saturated rings. The minimum absolute atomic E-state index is 0.256. The van der Waals surface area contributed by atoms with E-state index in [9.17, 15) is 5.11 Å². The molecular weight excluding hydrogens is 314 g/mol. The minimum Gasteiger partial charge on any atom is -0.508 e. The summed E-state index contributed by atoms with van der Waals surface area (Å²) in [6.07, 6.45) is 0. The summed E-state index contributed by atoms with van der Waals surface area (Å²) in [5.41, 5.74) is 3.23. The largest absolute Gasteiger partial charge is 0.508 e. The lowest BCUT2D eigenvalue weighted by Crippen LogP contribution is -2.36. The maximum absolute atomic E-state index is 9.54. The third-order valence-electron chi connectivity index (χ3n) is 3.64. The number of ether oxygens (including phenoxy) is 1. The topological polar surface area (TPSA) is 65.9 Å². The molecule has 0 aliphatic rings. The van der Waals surface area contributed by atoms with Gasteiger partial charge >= 0.3 is 0 Å². The summed E-state index contributed by atoms with van der Waals surface area (Å²) in [5, 5.41) is 16.1. The predicted octanol–water partition coefficient (Wildman–Crippen LogP) is 3.35. The van der Waals surface area contributed by atoms with Crippen LogP contribution in [0.15, 0.2) is 47.5 Å². The van der Waals surface area contributed by atoms with Gasteiger partial charge in [0.15, 0.2) is 5.96 Å². The number of aliphatic imine (C=N–C) groups is 1. The Morgan fingerprint density at radius 3 is 2.68 bits per heavy atom. The van der Waals surface area contributed by atoms with E-state index in [0.29, 0.717) is 19.7 Å². The van der Waals surface area contributed by atoms with E-state index in [0.717, 1.165) is 29.4 Å². The van der Waals surface area contributed by atoms with Crippen LogP contribution in [0.4, 0.5) is 0 Å². The highest BCUT2D eigenvalue weighted by Gasteiger charge is 2.05. The van der Waals surface area contributed by atoms with E-state index in [4.69, 9.17) is 4.74 Å². The molecule has 0 heterocycles. The van der Waals surface area contributed by atoms with Crippen LogP contribution in [0.25, 0.3) is 0 Å². The summed E-state index contributed by atoms with van der Waals surface area (Å²) in [5.74, 6) is 1.89. The van der Waals surface area contributed by atoms with Crippen LogP contribution >= 0.6 is 0 Å². The monoisotopic (exact) mass is 341 g/mol. The fourth-order valence-corrected chi connectivity index (χ4v) is 2.44. The Bertz CT molecular complexity index is 714. The van der Waals surface area contributed by atoms with Crippen molar-refractivity contribution in [3.8, 4) is 11.5 Å². The maximum Gasteiger partial charge on any atom is 0.191 e. The third kappa shape index (κ3) is 6.03. The van der Waals surface area contributed by atoms with Gasteiger partial charge in [0.25, 0.3) is 0 Å². The Morgan fingerprint density at radius 2 is 1.96 bits per heavy atom. The normalized spacial score (nSPS) is 11.2. The molecule has 5 nitrogen and oxygen atoms in total. The van der Waals surface area contributed by atoms with Crippen LogP contribution in [0.2, 0.25) is 0 Å². The predicted molar refractivity (Wildman–Crippen MR) is 102 cm³/mol. The molecule has 0 radical (unpaired) electrons. The Labute approximate surface area is 149 Å². The van der Waals surface area contributed by atoms with E-state index in [1.165, 1.54) is 5.56 Å². The summed E-state index contributed by atoms with van der Waals surface area (Å²) in [7, 11) is 0. The fraction of sp³-hybridized carbons (Fsp3) is 0.350. The number of benzene rings is 2. The van der Waals surface area contributed by atoms with Crippen molar-refractivity contribution in [1.29, 1.82) is 0 Å². The molecule has 2 aromatic carbocycles. The molecule has 0 aromatic heterocycles. The molecule has 0 aliphatic carbocycles. The number of nitrogens with zero attached hydrogens (tertiary/aromatic N) is 1. The van der Waals surface area contributed by atoms with E-state index in [-0.39, 0.29) is 5.75 Å². The molecule has 134 valence electrons. The Hall–Kier alpha value is -2.69. The smallest absolute Gasteiger partial charge is 0.191 e. The number of aromatic hydroxyl groups is 1. The second-order valence-corrected chi connectivity index (χ2v) is 5.76. The Kier molecular flexibility index (Phi) is 7.14. The number of hydrogen-bond donors (Lipinski definition) is 3. The lowest BCUT2D eigenvalue weighted by molar-refractivity contribution is 0.336. The number of rotatable bonds is 7. The molecule has 5 heteroatoms. The van der Waals surface area contributed by atoms with E-state index in [1.54, 1.807) is 12.1 Å². The van der Waals surface area contributed by atoms with Crippen molar-refractivity contribution in [1.82, 2.24) is 10.6 Å². The van der Waals surface area contributed by atoms with E-state index >= 15 is 0 Å². The molecule has 0 spiro atoms. The van der Waals surface area contributed by atoms with Crippen LogP contribution in [0.1, 0.15) is 30.5 Å². The van der Waals surface area contributed by atoms with Crippen molar-refractivity contribution < 1.29 is 9.84 Å². The molecule has 0 saturated heterocycles. The molecule has 0 aliphatic heterocycles. The average Bonchev–Trinajstić information content (AvgIpc) is 2.59. The summed E-state index contributed by atoms with van der Waals surface area (Å²) in [4.78, 5) is 4.58. The van der Waals surface area contributed by atoms with Crippen molar-refractivity contribution in [2.75, 3.05) is 13.2 Å². The van der Waals surface area contributed by atoms with Crippen LogP contribution in [0.3, 0.4) is 0 Å². The van der Waals surface area contributed by atoms with Crippen LogP contribution in [0, 0.1) is 6.92 Å². The zero-order valence-electron chi connectivity index (χ0n) is 15.2. The first-order valence-electron chi connectivity index (χ1n) is 8.64. The molecule has 0 atom stereocenters. The SMILES string of the molecule is CCNC(=NCc1cccc(O)c1)NCc1ccc(C)cc1OCC. The second kappa shape index (κ2) is 9.57. The van der Waals surface area contributed by atoms with Gasteiger partial charge in [-0.25, -0.2) is 4.99 Å². The highest BCUT2D eigenvalue weighted by molar-refractivity contribution is 5.79. The van der Waals surface area contributed by atoms with E-state index in [1.807, 2.05) is 26.0 Å². The number of phenols is 1. The molecule has 25 heavy (non-hydrogen) atoms. The van der Waals surface area contributed by atoms with Crippen molar-refractivity contribution in [3.05, 3.63) is 59.2 Å². The highest BCUT2D eigenvalue weighted by atomic mass is 16.5. The molecule has 2 rings (SSSR count). The van der Waals surface area contributed by atoms with Crippen molar-refractivity contribution in [3.63, 3.8) is 0 Å². The van der Waals surface area contributed by atoms with Gasteiger partial charge < -0.3 is 20.5 Å². The third-order valence-corrected chi connectivity index (χ3v) is 3.64. The molecule has 0 bridgehead atoms. The van der Waals surface area contributed by atoms with E-state index < -0.39 is 0 Å². The van der Waals surface area contributed by atoms with Gasteiger partial charge in [0.1, 0.15) is 11.5 Å². The first-order chi connectivity index (χ1) is 12.1. The van der Waals surface area contributed by atoms with Crippen LogP contribution < -0.4 is 15.4 Å². The van der Waals surface area contributed by atoms with Crippen LogP contribution in [-0.2, 0) is 13.1 Å². The van der Waals surface area contributed by atoms with Gasteiger partial charge in [0, 0.05) is 18.7 Å². The summed E-state index contributed by atoms with van der Waals surface area (Å²) in [6, 6.07) is 13.4. The van der Waals surface area contributed by atoms with Gasteiger partial charge in [-0.3, -0.25) is 0 Å². The standard InChI is InChI=1S/C20H27N3O2/c1-4-21-20(22-13-16-7-6-8-18(24)12-16)23-14-17-10-9-15(3)11-19(17)25-5-2/h6-12,24H,4-5,13-14H2,1-3H3,(H2,21,22,23). The lowest BCUT2D eigenvalue weighted by atomic mass is 10.1. The fourth-order valence-electron chi connectivity index (χ4n) is 2.44. The first kappa shape index (κ1) is 18.6. The number of phenolic OH excluding ortho intramolecular Hbond substituents is 1. The quantitative estimate of drug-likeness (QED) is 0.534. The van der Waals surface area contributed by atoms with Gasteiger partial charge in [-0.2, -0.15) is 0 Å². The van der Waals surface area contributed by atoms with E-state index in [2.05, 4.69) is 40.7 Å². The Morgan fingerprint density at radius 1 is 1.12 bits per heavy atom. The van der Waals surface area contributed by atoms with Crippen molar-refractivity contribution in [2.24, 2.45) is 4.99 Å². The number of hydrogen-bond acceptors (Lipinski definition) is 3. The van der Waals surface area contributed by atoms with Crippen LogP contribution in [-0.4, -0.2) is 24.2 Å². The molecule has 2 aromatic rings. The minimum atomic E-state index is 0.256. The summed E-state index contributed by atoms with van der Waals surface area (Å²) >= 11 is 0. The van der Waals surface area contributed by atoms with Crippen molar-refractivity contribution in [2.45, 2.75) is 33.9 Å². The number of guanidine groups is 1.